The van der Waals surface area contributed by atoms with E-state index in [1.165, 1.54) is 19.3 Å². The van der Waals surface area contributed by atoms with Crippen molar-refractivity contribution < 1.29 is 70.3 Å². The molecule has 0 radical (unpaired) electrons. The van der Waals surface area contributed by atoms with E-state index in [4.69, 9.17) is 23.7 Å². The summed E-state index contributed by atoms with van der Waals surface area (Å²) < 4.78 is 73.1. The number of alkyl halides is 3. The third kappa shape index (κ3) is 11.9. The van der Waals surface area contributed by atoms with Gasteiger partial charge in [0.1, 0.15) is 30.0 Å². The second-order valence-corrected chi connectivity index (χ2v) is 21.5. The molecule has 8 aliphatic carbocycles. The number of hydrogen-bond donors (Lipinski definition) is 0. The zero-order valence-electron chi connectivity index (χ0n) is 38.1. The fourth-order valence-electron chi connectivity index (χ4n) is 10.8. The Morgan fingerprint density at radius 2 is 1.03 bits per heavy atom. The summed E-state index contributed by atoms with van der Waals surface area (Å²) in [5.74, 6) is 2.33. The molecule has 9 fully saturated rings. The molecule has 0 amide bonds. The molecule has 8 saturated carbocycles. The van der Waals surface area contributed by atoms with Crippen LogP contribution in [-0.4, -0.2) is 78.6 Å². The molecule has 1 aliphatic heterocycles. The second kappa shape index (κ2) is 18.1. The Hall–Kier alpha value is -3.26. The molecule has 0 N–H and O–H groups in total. The van der Waals surface area contributed by atoms with Crippen molar-refractivity contribution in [3.05, 3.63) is 0 Å². The number of esters is 3. The van der Waals surface area contributed by atoms with Crippen molar-refractivity contribution >= 4 is 30.2 Å². The van der Waals surface area contributed by atoms with Gasteiger partial charge in [-0.1, -0.05) is 20.8 Å². The molecule has 0 spiro atoms. The lowest BCUT2D eigenvalue weighted by atomic mass is 9.52. The summed E-state index contributed by atoms with van der Waals surface area (Å²) in [6.07, 6.45) is 5.80. The van der Waals surface area contributed by atoms with Crippen molar-refractivity contribution in [2.75, 3.05) is 13.2 Å². The molecule has 0 aromatic heterocycles. The van der Waals surface area contributed by atoms with Crippen LogP contribution in [-0.2, 0) is 47.5 Å². The molecule has 8 bridgehead atoms. The maximum absolute atomic E-state index is 12.8. The fourth-order valence-corrected chi connectivity index (χ4v) is 10.8. The molecule has 1 saturated heterocycles. The molecule has 4 unspecified atom stereocenters. The molecule has 348 valence electrons. The van der Waals surface area contributed by atoms with Crippen LogP contribution in [0.25, 0.3) is 0 Å². The van der Waals surface area contributed by atoms with Crippen LogP contribution in [0.2, 0.25) is 0 Å². The van der Waals surface area contributed by atoms with Crippen LogP contribution in [0.1, 0.15) is 166 Å². The quantitative estimate of drug-likeness (QED) is 0.136. The highest BCUT2D eigenvalue weighted by molar-refractivity contribution is 5.77. The highest BCUT2D eigenvalue weighted by atomic mass is 19.4. The maximum atomic E-state index is 12.8. The first-order chi connectivity index (χ1) is 28.2. The zero-order valence-corrected chi connectivity index (χ0v) is 38.1. The molecule has 9 aliphatic rings. The Kier molecular flexibility index (Phi) is 14.5. The summed E-state index contributed by atoms with van der Waals surface area (Å²) in [7, 11) is 0. The minimum atomic E-state index is -4.49. The van der Waals surface area contributed by atoms with Crippen molar-refractivity contribution in [1.29, 1.82) is 0 Å². The van der Waals surface area contributed by atoms with E-state index in [9.17, 15) is 37.1 Å². The third-order valence-corrected chi connectivity index (χ3v) is 14.9. The standard InChI is InChI=1S/C21H30O8.C16H26O2.C9H15F3O2/c1-4-19(2,3)16(22)28-20-6-13-5-14(7-20)9-21(8-13,12-20)29-18(24)26-11-15-10-25-17(23)27-15;1-4-15(2,3)14(17)18-16-8-11-5-12(9-16)7-13(6-11)10-16;1-5-8(3,4)7(13)14-6(2)9(10,11)12/h13-15H,4-12H2,1-3H3;11-13H,4-10H2,1-3H3;6H,5H2,1-4H3. The lowest BCUT2D eigenvalue weighted by Crippen LogP contribution is -2.62. The van der Waals surface area contributed by atoms with Crippen molar-refractivity contribution in [3.63, 3.8) is 0 Å². The van der Waals surface area contributed by atoms with Crippen LogP contribution in [0, 0.1) is 45.8 Å². The number of carbonyl (C=O) groups is 5. The molecule has 12 nitrogen and oxygen atoms in total. The van der Waals surface area contributed by atoms with Gasteiger partial charge in [0.2, 0.25) is 0 Å². The first-order valence-electron chi connectivity index (χ1n) is 22.6. The van der Waals surface area contributed by atoms with Crippen LogP contribution in [0.3, 0.4) is 0 Å². The van der Waals surface area contributed by atoms with Crippen molar-refractivity contribution in [3.8, 4) is 0 Å². The Bertz CT molecular complexity index is 1570. The van der Waals surface area contributed by atoms with Gasteiger partial charge in [0, 0.05) is 6.42 Å². The van der Waals surface area contributed by atoms with Crippen molar-refractivity contribution in [2.45, 2.75) is 201 Å². The van der Waals surface area contributed by atoms with Gasteiger partial charge >= 0.3 is 36.4 Å². The SMILES string of the molecule is CCC(C)(C)C(=O)OC(C)C(F)(F)F.CCC(C)(C)C(=O)OC12CC3CC(CC(C3)C1)C2.CCC(C)(C)C(=O)OC12CC3CC(CC(OC(=O)OCC4COC(=O)O4)(C3)C1)C2. The number of carbonyl (C=O) groups excluding carboxylic acids is 5. The monoisotopic (exact) mass is 872 g/mol. The smallest absolute Gasteiger partial charge is 0.459 e. The second-order valence-electron chi connectivity index (χ2n) is 21.5. The average molecular weight is 873 g/mol. The summed E-state index contributed by atoms with van der Waals surface area (Å²) in [5, 5.41) is 0. The number of halogens is 3. The number of hydrogen-bond acceptors (Lipinski definition) is 12. The van der Waals surface area contributed by atoms with Crippen LogP contribution < -0.4 is 0 Å². The molecular formula is C46H71F3O12. The van der Waals surface area contributed by atoms with E-state index in [1.807, 2.05) is 34.6 Å². The first-order valence-corrected chi connectivity index (χ1v) is 22.6. The summed E-state index contributed by atoms with van der Waals surface area (Å²) in [6.45, 7) is 17.5. The van der Waals surface area contributed by atoms with Gasteiger partial charge in [-0.25, -0.2) is 9.59 Å². The fraction of sp³-hybridized carbons (Fsp3) is 0.891. The predicted octanol–water partition coefficient (Wildman–Crippen LogP) is 10.6. The molecule has 0 aromatic rings. The third-order valence-electron chi connectivity index (χ3n) is 14.9. The largest absolute Gasteiger partial charge is 0.508 e. The molecule has 9 rings (SSSR count). The van der Waals surface area contributed by atoms with E-state index < -0.39 is 58.7 Å². The van der Waals surface area contributed by atoms with E-state index in [1.54, 1.807) is 20.8 Å². The summed E-state index contributed by atoms with van der Waals surface area (Å²) in [5.41, 5.74) is -2.98. The Morgan fingerprint density at radius 1 is 0.639 bits per heavy atom. The van der Waals surface area contributed by atoms with E-state index in [2.05, 4.69) is 16.4 Å². The van der Waals surface area contributed by atoms with E-state index >= 15 is 0 Å². The normalized spacial score (nSPS) is 33.8. The molecule has 0 aromatic carbocycles. The van der Waals surface area contributed by atoms with Gasteiger partial charge in [0.15, 0.2) is 12.2 Å². The van der Waals surface area contributed by atoms with Crippen molar-refractivity contribution in [1.82, 2.24) is 0 Å². The van der Waals surface area contributed by atoms with Gasteiger partial charge in [0.05, 0.1) is 16.2 Å². The topological polar surface area (TPSA) is 150 Å². The highest BCUT2D eigenvalue weighted by Crippen LogP contribution is 2.61. The molecule has 15 heteroatoms. The molecule has 1 heterocycles. The average Bonchev–Trinajstić information content (AvgIpc) is 3.57. The minimum absolute atomic E-state index is 0.0342. The Balaban J connectivity index is 0.000000189. The summed E-state index contributed by atoms with van der Waals surface area (Å²) >= 11 is 0. The van der Waals surface area contributed by atoms with Crippen molar-refractivity contribution in [2.24, 2.45) is 45.8 Å². The lowest BCUT2D eigenvalue weighted by molar-refractivity contribution is -0.228. The van der Waals surface area contributed by atoms with Gasteiger partial charge in [-0.2, -0.15) is 13.2 Å². The number of cyclic esters (lactones) is 2. The summed E-state index contributed by atoms with van der Waals surface area (Å²) in [6, 6.07) is 0. The highest BCUT2D eigenvalue weighted by Gasteiger charge is 2.62. The van der Waals surface area contributed by atoms with Gasteiger partial charge in [-0.15, -0.1) is 0 Å². The maximum Gasteiger partial charge on any atom is 0.508 e. The van der Waals surface area contributed by atoms with E-state index in [0.29, 0.717) is 31.1 Å². The number of rotatable bonds is 12. The van der Waals surface area contributed by atoms with Gasteiger partial charge in [-0.3, -0.25) is 14.4 Å². The van der Waals surface area contributed by atoms with Gasteiger partial charge in [-0.05, 0) is 168 Å². The molecule has 61 heavy (non-hydrogen) atoms. The van der Waals surface area contributed by atoms with Crippen LogP contribution in [0.15, 0.2) is 0 Å². The predicted molar refractivity (Wildman–Crippen MR) is 216 cm³/mol. The molecule has 4 atom stereocenters. The Labute approximate surface area is 359 Å². The van der Waals surface area contributed by atoms with Crippen LogP contribution in [0.5, 0.6) is 0 Å². The van der Waals surface area contributed by atoms with E-state index in [-0.39, 0.29) is 36.2 Å². The summed E-state index contributed by atoms with van der Waals surface area (Å²) in [4.78, 5) is 59.7. The zero-order chi connectivity index (χ0) is 45.4. The lowest BCUT2D eigenvalue weighted by Gasteiger charge is -2.60. The first kappa shape index (κ1) is 48.8. The van der Waals surface area contributed by atoms with Crippen LogP contribution >= 0.6 is 0 Å². The number of ether oxygens (including phenoxy) is 7. The van der Waals surface area contributed by atoms with Gasteiger partial charge in [0.25, 0.3) is 0 Å². The molecular weight excluding hydrogens is 801 g/mol. The van der Waals surface area contributed by atoms with E-state index in [0.717, 1.165) is 82.5 Å². The Morgan fingerprint density at radius 3 is 1.44 bits per heavy atom. The van der Waals surface area contributed by atoms with Crippen LogP contribution in [0.4, 0.5) is 22.8 Å². The van der Waals surface area contributed by atoms with Gasteiger partial charge < -0.3 is 33.2 Å². The minimum Gasteiger partial charge on any atom is -0.459 e.